The van der Waals surface area contributed by atoms with Gasteiger partial charge in [-0.3, -0.25) is 4.79 Å². The molecule has 1 aliphatic carbocycles. The highest BCUT2D eigenvalue weighted by atomic mass is 16.6. The Morgan fingerprint density at radius 3 is 1.95 bits per heavy atom. The van der Waals surface area contributed by atoms with Crippen LogP contribution >= 0.6 is 0 Å². The Balaban J connectivity index is 3.08. The number of carbonyl (C=O) groups excluding carboxylic acids is 1. The van der Waals surface area contributed by atoms with Crippen molar-refractivity contribution in [3.8, 4) is 0 Å². The number of ketones is 1. The van der Waals surface area contributed by atoms with Crippen LogP contribution in [0.4, 0.5) is 0 Å². The highest BCUT2D eigenvalue weighted by molar-refractivity contribution is 6.10. The number of ether oxygens (including phenoxy) is 2. The van der Waals surface area contributed by atoms with Gasteiger partial charge in [-0.1, -0.05) is 13.3 Å². The standard InChI is InChI=1S/C16H28O4/c1-8-9-10-16(18)12(17)11(19-14(2,3)4)13(16)20-15(5,6)7/h18H,8-10H2,1-7H3. The molecule has 116 valence electrons. The van der Waals surface area contributed by atoms with E-state index in [0.29, 0.717) is 12.2 Å². The fourth-order valence-corrected chi connectivity index (χ4v) is 2.01. The molecule has 0 fully saturated rings. The highest BCUT2D eigenvalue weighted by Gasteiger charge is 2.57. The summed E-state index contributed by atoms with van der Waals surface area (Å²) in [6, 6.07) is 0. The highest BCUT2D eigenvalue weighted by Crippen LogP contribution is 2.43. The SMILES string of the molecule is CCCCC1(O)C(=O)C(OC(C)(C)C)=C1OC(C)(C)C. The molecule has 0 amide bonds. The van der Waals surface area contributed by atoms with Gasteiger partial charge < -0.3 is 14.6 Å². The lowest BCUT2D eigenvalue weighted by Gasteiger charge is -2.43. The fourth-order valence-electron chi connectivity index (χ4n) is 2.01. The molecule has 0 bridgehead atoms. The molecule has 0 radical (unpaired) electrons. The molecule has 0 saturated carbocycles. The Morgan fingerprint density at radius 2 is 1.55 bits per heavy atom. The number of carbonyl (C=O) groups is 1. The van der Waals surface area contributed by atoms with Crippen molar-refractivity contribution in [3.05, 3.63) is 11.5 Å². The molecule has 4 heteroatoms. The predicted molar refractivity (Wildman–Crippen MR) is 78.2 cm³/mol. The molecule has 0 saturated heterocycles. The van der Waals surface area contributed by atoms with Crippen molar-refractivity contribution >= 4 is 5.78 Å². The lowest BCUT2D eigenvalue weighted by Crippen LogP contribution is -2.54. The van der Waals surface area contributed by atoms with Crippen molar-refractivity contribution < 1.29 is 19.4 Å². The zero-order valence-corrected chi connectivity index (χ0v) is 13.8. The second-order valence-electron chi connectivity index (χ2n) is 7.38. The number of hydrogen-bond donors (Lipinski definition) is 1. The summed E-state index contributed by atoms with van der Waals surface area (Å²) < 4.78 is 11.5. The van der Waals surface area contributed by atoms with E-state index in [1.54, 1.807) is 0 Å². The average Bonchev–Trinajstić information content (AvgIpc) is 2.28. The molecule has 0 aromatic heterocycles. The molecule has 20 heavy (non-hydrogen) atoms. The van der Waals surface area contributed by atoms with Gasteiger partial charge in [0.25, 0.3) is 0 Å². The molecule has 0 heterocycles. The summed E-state index contributed by atoms with van der Waals surface area (Å²) in [7, 11) is 0. The number of rotatable bonds is 5. The molecular formula is C16H28O4. The first-order valence-corrected chi connectivity index (χ1v) is 7.30. The van der Waals surface area contributed by atoms with Gasteiger partial charge in [0.2, 0.25) is 11.5 Å². The maximum atomic E-state index is 12.3. The van der Waals surface area contributed by atoms with Gasteiger partial charge >= 0.3 is 0 Å². The summed E-state index contributed by atoms with van der Waals surface area (Å²) in [5.74, 6) is 0.101. The third-order valence-corrected chi connectivity index (χ3v) is 2.87. The van der Waals surface area contributed by atoms with Gasteiger partial charge in [-0.05, 0) is 54.4 Å². The van der Waals surface area contributed by atoms with Crippen molar-refractivity contribution in [2.45, 2.75) is 84.5 Å². The van der Waals surface area contributed by atoms with Gasteiger partial charge in [-0.25, -0.2) is 0 Å². The molecule has 0 aliphatic heterocycles. The van der Waals surface area contributed by atoms with Crippen LogP contribution in [0.15, 0.2) is 11.5 Å². The minimum Gasteiger partial charge on any atom is -0.485 e. The van der Waals surface area contributed by atoms with E-state index in [0.717, 1.165) is 12.8 Å². The summed E-state index contributed by atoms with van der Waals surface area (Å²) in [4.78, 5) is 12.3. The van der Waals surface area contributed by atoms with Crippen molar-refractivity contribution in [1.29, 1.82) is 0 Å². The van der Waals surface area contributed by atoms with E-state index in [-0.39, 0.29) is 11.5 Å². The zero-order valence-electron chi connectivity index (χ0n) is 13.8. The van der Waals surface area contributed by atoms with E-state index in [9.17, 15) is 9.90 Å². The first-order valence-electron chi connectivity index (χ1n) is 7.30. The van der Waals surface area contributed by atoms with Gasteiger partial charge in [0, 0.05) is 0 Å². The van der Waals surface area contributed by atoms with Crippen molar-refractivity contribution in [2.24, 2.45) is 0 Å². The minimum atomic E-state index is -1.51. The first kappa shape index (κ1) is 17.0. The van der Waals surface area contributed by atoms with Crippen LogP contribution in [0, 0.1) is 0 Å². The Hall–Kier alpha value is -1.03. The zero-order chi connectivity index (χ0) is 15.8. The van der Waals surface area contributed by atoms with Gasteiger partial charge in [0.1, 0.15) is 11.2 Å². The van der Waals surface area contributed by atoms with Crippen LogP contribution in [0.2, 0.25) is 0 Å². The van der Waals surface area contributed by atoms with E-state index in [4.69, 9.17) is 9.47 Å². The van der Waals surface area contributed by atoms with Crippen LogP contribution < -0.4 is 0 Å². The summed E-state index contributed by atoms with van der Waals surface area (Å²) in [6.07, 6.45) is 2.06. The summed E-state index contributed by atoms with van der Waals surface area (Å²) in [5.41, 5.74) is -2.49. The third-order valence-electron chi connectivity index (χ3n) is 2.87. The van der Waals surface area contributed by atoms with Crippen molar-refractivity contribution in [2.75, 3.05) is 0 Å². The Labute approximate surface area is 122 Å². The second-order valence-corrected chi connectivity index (χ2v) is 7.38. The molecular weight excluding hydrogens is 256 g/mol. The Morgan fingerprint density at radius 1 is 1.05 bits per heavy atom. The second kappa shape index (κ2) is 5.40. The van der Waals surface area contributed by atoms with Crippen LogP contribution in [0.5, 0.6) is 0 Å². The largest absolute Gasteiger partial charge is 0.485 e. The first-order chi connectivity index (χ1) is 8.91. The van der Waals surface area contributed by atoms with E-state index >= 15 is 0 Å². The van der Waals surface area contributed by atoms with Crippen molar-refractivity contribution in [3.63, 3.8) is 0 Å². The maximum Gasteiger partial charge on any atom is 0.240 e. The molecule has 0 spiro atoms. The topological polar surface area (TPSA) is 55.8 Å². The maximum absolute atomic E-state index is 12.3. The third kappa shape index (κ3) is 3.75. The minimum absolute atomic E-state index is 0.172. The molecule has 1 aliphatic rings. The van der Waals surface area contributed by atoms with Gasteiger partial charge in [0.15, 0.2) is 11.4 Å². The molecule has 0 aromatic carbocycles. The van der Waals surface area contributed by atoms with Gasteiger partial charge in [-0.15, -0.1) is 0 Å². The molecule has 4 nitrogen and oxygen atoms in total. The fraction of sp³-hybridized carbons (Fsp3) is 0.812. The molecule has 0 aromatic rings. The van der Waals surface area contributed by atoms with E-state index in [1.807, 2.05) is 48.5 Å². The van der Waals surface area contributed by atoms with Gasteiger partial charge in [0.05, 0.1) is 0 Å². The summed E-state index contributed by atoms with van der Waals surface area (Å²) in [6.45, 7) is 13.3. The van der Waals surface area contributed by atoms with Crippen LogP contribution in [-0.4, -0.2) is 27.7 Å². The summed E-state index contributed by atoms with van der Waals surface area (Å²) in [5, 5.41) is 10.6. The normalized spacial score (nSPS) is 23.7. The number of unbranched alkanes of at least 4 members (excludes halogenated alkanes) is 1. The smallest absolute Gasteiger partial charge is 0.240 e. The molecule has 1 N–H and O–H groups in total. The van der Waals surface area contributed by atoms with Crippen LogP contribution in [0.25, 0.3) is 0 Å². The van der Waals surface area contributed by atoms with Gasteiger partial charge in [-0.2, -0.15) is 0 Å². The van der Waals surface area contributed by atoms with Crippen molar-refractivity contribution in [1.82, 2.24) is 0 Å². The quantitative estimate of drug-likeness (QED) is 0.841. The van der Waals surface area contributed by atoms with E-state index in [1.165, 1.54) is 0 Å². The number of Topliss-reactive ketones (excluding diaryl/α,β-unsaturated/α-hetero) is 1. The van der Waals surface area contributed by atoms with Crippen LogP contribution in [-0.2, 0) is 14.3 Å². The Kier molecular flexibility index (Phi) is 4.59. The lowest BCUT2D eigenvalue weighted by atomic mass is 9.78. The van der Waals surface area contributed by atoms with E-state index in [2.05, 4.69) is 0 Å². The monoisotopic (exact) mass is 284 g/mol. The Bertz CT molecular complexity index is 409. The molecule has 1 unspecified atom stereocenters. The molecule has 1 atom stereocenters. The van der Waals surface area contributed by atoms with E-state index < -0.39 is 16.8 Å². The predicted octanol–water partition coefficient (Wildman–Crippen LogP) is 3.33. The lowest BCUT2D eigenvalue weighted by molar-refractivity contribution is -0.158. The van der Waals surface area contributed by atoms with Crippen LogP contribution in [0.1, 0.15) is 67.7 Å². The number of aliphatic hydroxyl groups is 1. The molecule has 1 rings (SSSR count). The summed E-state index contributed by atoms with van der Waals surface area (Å²) >= 11 is 0. The average molecular weight is 284 g/mol. The van der Waals surface area contributed by atoms with Crippen LogP contribution in [0.3, 0.4) is 0 Å². The number of hydrogen-bond acceptors (Lipinski definition) is 4.